The lowest BCUT2D eigenvalue weighted by Crippen LogP contribution is -2.42. The number of aliphatic carboxylic acids is 1. The van der Waals surface area contributed by atoms with Crippen molar-refractivity contribution in [3.63, 3.8) is 0 Å². The lowest BCUT2D eigenvalue weighted by molar-refractivity contribution is -0.149. The van der Waals surface area contributed by atoms with Crippen LogP contribution in [0.25, 0.3) is 0 Å². The third kappa shape index (κ3) is 11.0. The molecule has 0 bridgehead atoms. The molecule has 0 saturated carbocycles. The SMILES string of the molecule is CCOC(Cc1ccc(OCCN(CCCOc2cc(Cl)cc(Cl)c2)C(=O)NCc2ccccc2)cc1)C(=O)O. The zero-order valence-electron chi connectivity index (χ0n) is 22.4. The summed E-state index contributed by atoms with van der Waals surface area (Å²) in [6.07, 6.45) is -0.0377. The van der Waals surface area contributed by atoms with Crippen molar-refractivity contribution in [2.24, 2.45) is 0 Å². The highest BCUT2D eigenvalue weighted by Crippen LogP contribution is 2.24. The number of nitrogens with one attached hydrogen (secondary N) is 1. The number of hydrogen-bond acceptors (Lipinski definition) is 5. The van der Waals surface area contributed by atoms with Gasteiger partial charge in [0.15, 0.2) is 6.10 Å². The van der Waals surface area contributed by atoms with Gasteiger partial charge in [0.1, 0.15) is 18.1 Å². The molecular formula is C30H34Cl2N2O6. The molecule has 0 aliphatic carbocycles. The van der Waals surface area contributed by atoms with Crippen molar-refractivity contribution in [2.75, 3.05) is 32.9 Å². The van der Waals surface area contributed by atoms with Gasteiger partial charge in [0.05, 0.1) is 13.2 Å². The molecule has 0 spiro atoms. The fraction of sp³-hybridized carbons (Fsp3) is 0.333. The van der Waals surface area contributed by atoms with Crippen LogP contribution in [0.15, 0.2) is 72.8 Å². The van der Waals surface area contributed by atoms with Gasteiger partial charge >= 0.3 is 12.0 Å². The Morgan fingerprint density at radius 2 is 1.55 bits per heavy atom. The second-order valence-corrected chi connectivity index (χ2v) is 9.79. The Hall–Kier alpha value is -3.46. The number of carboxylic acid groups (broad SMARTS) is 1. The number of hydrogen-bond donors (Lipinski definition) is 2. The maximum absolute atomic E-state index is 13.0. The van der Waals surface area contributed by atoms with E-state index in [2.05, 4.69) is 5.32 Å². The van der Waals surface area contributed by atoms with Crippen LogP contribution in [0.4, 0.5) is 4.79 Å². The molecule has 40 heavy (non-hydrogen) atoms. The molecule has 3 rings (SSSR count). The van der Waals surface area contributed by atoms with Crippen molar-refractivity contribution in [1.82, 2.24) is 10.2 Å². The van der Waals surface area contributed by atoms with E-state index in [1.165, 1.54) is 0 Å². The smallest absolute Gasteiger partial charge is 0.333 e. The van der Waals surface area contributed by atoms with Crippen LogP contribution in [-0.2, 0) is 22.5 Å². The van der Waals surface area contributed by atoms with Crippen molar-refractivity contribution >= 4 is 35.2 Å². The van der Waals surface area contributed by atoms with Crippen molar-refractivity contribution in [3.05, 3.63) is 94.0 Å². The van der Waals surface area contributed by atoms with E-state index in [0.29, 0.717) is 60.8 Å². The minimum Gasteiger partial charge on any atom is -0.493 e. The summed E-state index contributed by atoms with van der Waals surface area (Å²) >= 11 is 12.1. The van der Waals surface area contributed by atoms with Gasteiger partial charge in [0, 0.05) is 36.2 Å². The van der Waals surface area contributed by atoms with Gasteiger partial charge in [-0.05, 0) is 54.8 Å². The van der Waals surface area contributed by atoms with E-state index in [-0.39, 0.29) is 19.1 Å². The Labute approximate surface area is 244 Å². The standard InChI is InChI=1S/C30H34Cl2N2O6/c1-2-38-28(29(35)36)17-22-9-11-26(12-10-22)40-16-14-34(30(37)33-21-23-7-4-3-5-8-23)13-6-15-39-27-19-24(31)18-25(32)20-27/h3-5,7-12,18-20,28H,2,6,13-17,21H2,1H3,(H,33,37)(H,35,36). The normalized spacial score (nSPS) is 11.5. The average Bonchev–Trinajstić information content (AvgIpc) is 2.93. The van der Waals surface area contributed by atoms with E-state index >= 15 is 0 Å². The summed E-state index contributed by atoms with van der Waals surface area (Å²) in [6.45, 7) is 3.96. The van der Waals surface area contributed by atoms with E-state index in [1.807, 2.05) is 42.5 Å². The summed E-state index contributed by atoms with van der Waals surface area (Å²) in [7, 11) is 0. The molecule has 1 unspecified atom stereocenters. The zero-order valence-corrected chi connectivity index (χ0v) is 23.9. The molecule has 3 aromatic carbocycles. The summed E-state index contributed by atoms with van der Waals surface area (Å²) in [5.74, 6) is 0.202. The number of benzene rings is 3. The highest BCUT2D eigenvalue weighted by atomic mass is 35.5. The number of halogens is 2. The molecule has 8 nitrogen and oxygen atoms in total. The molecule has 0 heterocycles. The van der Waals surface area contributed by atoms with Crippen LogP contribution in [0.3, 0.4) is 0 Å². The molecule has 2 N–H and O–H groups in total. The molecule has 0 radical (unpaired) electrons. The number of nitrogens with zero attached hydrogens (tertiary/aromatic N) is 1. The third-order valence-electron chi connectivity index (χ3n) is 5.87. The second-order valence-electron chi connectivity index (χ2n) is 8.92. The number of amides is 2. The van der Waals surface area contributed by atoms with E-state index < -0.39 is 12.1 Å². The molecule has 2 amide bonds. The van der Waals surface area contributed by atoms with Gasteiger partial charge in [-0.25, -0.2) is 9.59 Å². The van der Waals surface area contributed by atoms with Gasteiger partial charge in [0.25, 0.3) is 0 Å². The predicted molar refractivity (Wildman–Crippen MR) is 156 cm³/mol. The molecule has 214 valence electrons. The van der Waals surface area contributed by atoms with Crippen molar-refractivity contribution in [2.45, 2.75) is 32.4 Å². The van der Waals surface area contributed by atoms with Gasteiger partial charge in [-0.15, -0.1) is 0 Å². The molecule has 10 heteroatoms. The molecular weight excluding hydrogens is 555 g/mol. The Bertz CT molecular complexity index is 1190. The summed E-state index contributed by atoms with van der Waals surface area (Å²) in [6, 6.07) is 21.7. The summed E-state index contributed by atoms with van der Waals surface area (Å²) in [4.78, 5) is 26.0. The first kappa shape index (κ1) is 31.1. The van der Waals surface area contributed by atoms with E-state index in [0.717, 1.165) is 11.1 Å². The Balaban J connectivity index is 1.52. The summed E-state index contributed by atoms with van der Waals surface area (Å²) < 4.78 is 16.9. The Kier molecular flexibility index (Phi) is 12.9. The molecule has 0 aromatic heterocycles. The number of rotatable bonds is 16. The third-order valence-corrected chi connectivity index (χ3v) is 6.31. The minimum absolute atomic E-state index is 0.204. The number of ether oxygens (including phenoxy) is 3. The monoisotopic (exact) mass is 588 g/mol. The highest BCUT2D eigenvalue weighted by Gasteiger charge is 2.18. The van der Waals surface area contributed by atoms with Crippen molar-refractivity contribution < 1.29 is 28.9 Å². The largest absolute Gasteiger partial charge is 0.493 e. The number of urea groups is 1. The van der Waals surface area contributed by atoms with Crippen LogP contribution in [0.5, 0.6) is 11.5 Å². The maximum Gasteiger partial charge on any atom is 0.333 e. The first-order valence-electron chi connectivity index (χ1n) is 13.1. The van der Waals surface area contributed by atoms with Gasteiger partial charge < -0.3 is 29.5 Å². The Morgan fingerprint density at radius 1 is 0.875 bits per heavy atom. The van der Waals surface area contributed by atoms with Crippen LogP contribution in [-0.4, -0.2) is 61.0 Å². The van der Waals surface area contributed by atoms with Gasteiger partial charge in [-0.1, -0.05) is 65.7 Å². The number of carboxylic acids is 1. The summed E-state index contributed by atoms with van der Waals surface area (Å²) in [5.41, 5.74) is 1.83. The van der Waals surface area contributed by atoms with E-state index in [4.69, 9.17) is 37.4 Å². The molecule has 1 atom stereocenters. The van der Waals surface area contributed by atoms with E-state index in [9.17, 15) is 14.7 Å². The van der Waals surface area contributed by atoms with Crippen LogP contribution >= 0.6 is 23.2 Å². The minimum atomic E-state index is -0.991. The van der Waals surface area contributed by atoms with Gasteiger partial charge in [0.2, 0.25) is 0 Å². The maximum atomic E-state index is 13.0. The lowest BCUT2D eigenvalue weighted by atomic mass is 10.1. The van der Waals surface area contributed by atoms with Crippen LogP contribution in [0.1, 0.15) is 24.5 Å². The van der Waals surface area contributed by atoms with Crippen LogP contribution < -0.4 is 14.8 Å². The molecule has 0 aliphatic heterocycles. The fourth-order valence-corrected chi connectivity index (χ4v) is 4.39. The number of carbonyl (C=O) groups is 2. The second kappa shape index (κ2) is 16.6. The summed E-state index contributed by atoms with van der Waals surface area (Å²) in [5, 5.41) is 13.2. The fourth-order valence-electron chi connectivity index (χ4n) is 3.89. The first-order valence-corrected chi connectivity index (χ1v) is 13.8. The zero-order chi connectivity index (χ0) is 28.7. The first-order chi connectivity index (χ1) is 19.3. The number of carbonyl (C=O) groups excluding carboxylic acids is 1. The van der Waals surface area contributed by atoms with Crippen LogP contribution in [0, 0.1) is 0 Å². The molecule has 0 saturated heterocycles. The highest BCUT2D eigenvalue weighted by molar-refractivity contribution is 6.34. The van der Waals surface area contributed by atoms with Crippen LogP contribution in [0.2, 0.25) is 10.0 Å². The molecule has 3 aromatic rings. The lowest BCUT2D eigenvalue weighted by Gasteiger charge is -2.23. The quantitative estimate of drug-likeness (QED) is 0.197. The van der Waals surface area contributed by atoms with E-state index in [1.54, 1.807) is 42.2 Å². The van der Waals surface area contributed by atoms with Crippen molar-refractivity contribution in [1.29, 1.82) is 0 Å². The topological polar surface area (TPSA) is 97.3 Å². The molecule has 0 fully saturated rings. The Morgan fingerprint density at radius 3 is 2.20 bits per heavy atom. The van der Waals surface area contributed by atoms with Gasteiger partial charge in [-0.2, -0.15) is 0 Å². The van der Waals surface area contributed by atoms with Gasteiger partial charge in [-0.3, -0.25) is 0 Å². The average molecular weight is 590 g/mol. The predicted octanol–water partition coefficient (Wildman–Crippen LogP) is 6.09. The van der Waals surface area contributed by atoms with Crippen molar-refractivity contribution in [3.8, 4) is 11.5 Å². The molecule has 0 aliphatic rings.